The molecule has 0 saturated carbocycles. The highest BCUT2D eigenvalue weighted by Crippen LogP contribution is 2.30. The molecule has 2 aromatic carbocycles. The number of piperazine rings is 1. The van der Waals surface area contributed by atoms with E-state index in [0.717, 1.165) is 48.5 Å². The minimum Gasteiger partial charge on any atom is -0.497 e. The molecule has 5 rings (SSSR count). The zero-order valence-corrected chi connectivity index (χ0v) is 15.6. The van der Waals surface area contributed by atoms with E-state index in [1.54, 1.807) is 13.3 Å². The third-order valence-corrected chi connectivity index (χ3v) is 5.31. The Morgan fingerprint density at radius 2 is 1.79 bits per heavy atom. The monoisotopic (exact) mass is 375 g/mol. The molecule has 28 heavy (non-hydrogen) atoms. The first-order valence-electron chi connectivity index (χ1n) is 9.39. The molecule has 0 aromatic heterocycles. The zero-order valence-electron chi connectivity index (χ0n) is 15.6. The van der Waals surface area contributed by atoms with Gasteiger partial charge in [-0.1, -0.05) is 0 Å². The minimum atomic E-state index is -0.133. The first kappa shape index (κ1) is 16.8. The third-order valence-electron chi connectivity index (χ3n) is 5.31. The number of nitrogens with one attached hydrogen (secondary N) is 2. The van der Waals surface area contributed by atoms with E-state index in [2.05, 4.69) is 38.5 Å². The molecule has 1 saturated heterocycles. The first-order valence-corrected chi connectivity index (χ1v) is 9.39. The molecule has 7 heteroatoms. The molecule has 3 heterocycles. The fraction of sp³-hybridized carbons (Fsp3) is 0.238. The second-order valence-corrected chi connectivity index (χ2v) is 6.93. The van der Waals surface area contributed by atoms with Gasteiger partial charge in [0.1, 0.15) is 11.4 Å². The second kappa shape index (κ2) is 6.69. The summed E-state index contributed by atoms with van der Waals surface area (Å²) in [6.45, 7) is 3.90. The molecule has 0 unspecified atom stereocenters. The molecule has 7 nitrogen and oxygen atoms in total. The number of hydrogen-bond acceptors (Lipinski definition) is 5. The highest BCUT2D eigenvalue weighted by Gasteiger charge is 2.20. The van der Waals surface area contributed by atoms with Crippen LogP contribution in [-0.4, -0.2) is 48.1 Å². The summed E-state index contributed by atoms with van der Waals surface area (Å²) in [5.74, 6) is 0.743. The number of anilines is 1. The lowest BCUT2D eigenvalue weighted by Gasteiger charge is -2.29. The molecule has 0 aliphatic carbocycles. The van der Waals surface area contributed by atoms with Crippen molar-refractivity contribution in [3.8, 4) is 22.7 Å². The number of fused-ring (bicyclic) bond motifs is 3. The Balaban J connectivity index is 1.65. The van der Waals surface area contributed by atoms with Gasteiger partial charge in [-0.3, -0.25) is 4.79 Å². The molecule has 0 atom stereocenters. The topological polar surface area (TPSA) is 75.2 Å². The molecule has 3 aliphatic rings. The van der Waals surface area contributed by atoms with E-state index in [1.807, 2.05) is 24.3 Å². The molecule has 2 aromatic rings. The molecule has 3 aliphatic heterocycles. The van der Waals surface area contributed by atoms with Crippen LogP contribution in [0.25, 0.3) is 27.8 Å². The van der Waals surface area contributed by atoms with Crippen molar-refractivity contribution in [2.24, 2.45) is 0 Å². The van der Waals surface area contributed by atoms with Gasteiger partial charge in [-0.15, -0.1) is 0 Å². The van der Waals surface area contributed by atoms with Gasteiger partial charge in [-0.2, -0.15) is 9.78 Å². The number of ether oxygens (including phenoxy) is 1. The van der Waals surface area contributed by atoms with E-state index in [4.69, 9.17) is 4.74 Å². The van der Waals surface area contributed by atoms with Gasteiger partial charge in [0.15, 0.2) is 0 Å². The molecule has 142 valence electrons. The minimum absolute atomic E-state index is 0.133. The molecular formula is C21H21N5O2. The van der Waals surface area contributed by atoms with Crippen LogP contribution in [0.3, 0.4) is 0 Å². The summed E-state index contributed by atoms with van der Waals surface area (Å²) in [5, 5.41) is 9.00. The Labute approximate surface area is 161 Å². The smallest absolute Gasteiger partial charge is 0.282 e. The van der Waals surface area contributed by atoms with Crippen LogP contribution in [0.2, 0.25) is 0 Å². The average Bonchev–Trinajstić information content (AvgIpc) is 3.11. The van der Waals surface area contributed by atoms with E-state index in [-0.39, 0.29) is 5.56 Å². The number of rotatable bonds is 3. The normalized spacial score (nSPS) is 14.7. The highest BCUT2D eigenvalue weighted by atomic mass is 16.5. The molecule has 1 fully saturated rings. The van der Waals surface area contributed by atoms with E-state index in [0.29, 0.717) is 16.9 Å². The zero-order chi connectivity index (χ0) is 19.1. The Morgan fingerprint density at radius 1 is 1.04 bits per heavy atom. The number of aromatic amines is 1. The molecule has 2 N–H and O–H groups in total. The maximum atomic E-state index is 12.9. The van der Waals surface area contributed by atoms with Gasteiger partial charge in [0.05, 0.1) is 18.4 Å². The largest absolute Gasteiger partial charge is 0.497 e. The van der Waals surface area contributed by atoms with Crippen LogP contribution in [-0.2, 0) is 0 Å². The molecule has 0 spiro atoms. The lowest BCUT2D eigenvalue weighted by Crippen LogP contribution is -2.43. The SMILES string of the molecule is COc1ccc(-n2nc3c4cc(N5CCNCC5)ccc4[nH]cc-3c2=O)cc1. The second-order valence-electron chi connectivity index (χ2n) is 6.93. The Kier molecular flexibility index (Phi) is 4.02. The number of methoxy groups -OCH3 is 1. The summed E-state index contributed by atoms with van der Waals surface area (Å²) in [4.78, 5) is 18.5. The van der Waals surface area contributed by atoms with Crippen LogP contribution in [0.15, 0.2) is 53.5 Å². The summed E-state index contributed by atoms with van der Waals surface area (Å²) < 4.78 is 6.65. The van der Waals surface area contributed by atoms with Gasteiger partial charge in [0, 0.05) is 49.0 Å². The van der Waals surface area contributed by atoms with Crippen molar-refractivity contribution in [2.45, 2.75) is 0 Å². The van der Waals surface area contributed by atoms with E-state index in [9.17, 15) is 4.79 Å². The van der Waals surface area contributed by atoms with Crippen molar-refractivity contribution in [3.63, 3.8) is 0 Å². The summed E-state index contributed by atoms with van der Waals surface area (Å²) in [6, 6.07) is 13.6. The quantitative estimate of drug-likeness (QED) is 0.574. The van der Waals surface area contributed by atoms with Crippen LogP contribution in [0.5, 0.6) is 5.75 Å². The number of hydrogen-bond donors (Lipinski definition) is 2. The van der Waals surface area contributed by atoms with Crippen LogP contribution in [0.4, 0.5) is 5.69 Å². The maximum absolute atomic E-state index is 12.9. The van der Waals surface area contributed by atoms with Crippen LogP contribution < -0.4 is 20.5 Å². The Hall–Kier alpha value is -3.32. The van der Waals surface area contributed by atoms with Crippen molar-refractivity contribution in [1.29, 1.82) is 0 Å². The van der Waals surface area contributed by atoms with Gasteiger partial charge in [0.2, 0.25) is 0 Å². The van der Waals surface area contributed by atoms with Crippen LogP contribution in [0, 0.1) is 0 Å². The predicted octanol–water partition coefficient (Wildman–Crippen LogP) is 2.24. The maximum Gasteiger partial charge on any atom is 0.282 e. The van der Waals surface area contributed by atoms with E-state index < -0.39 is 0 Å². The van der Waals surface area contributed by atoms with Crippen molar-refractivity contribution in [2.75, 3.05) is 38.2 Å². The molecule has 0 amide bonds. The van der Waals surface area contributed by atoms with Crippen molar-refractivity contribution >= 4 is 16.6 Å². The molecular weight excluding hydrogens is 354 g/mol. The van der Waals surface area contributed by atoms with Gasteiger partial charge in [-0.05, 0) is 42.5 Å². The van der Waals surface area contributed by atoms with E-state index >= 15 is 0 Å². The summed E-state index contributed by atoms with van der Waals surface area (Å²) in [6.07, 6.45) is 1.75. The van der Waals surface area contributed by atoms with Crippen molar-refractivity contribution < 1.29 is 4.74 Å². The number of aromatic nitrogens is 3. The van der Waals surface area contributed by atoms with Crippen LogP contribution in [0.1, 0.15) is 0 Å². The summed E-state index contributed by atoms with van der Waals surface area (Å²) in [5.41, 5.74) is 4.00. The number of nitrogens with zero attached hydrogens (tertiary/aromatic N) is 3. The summed E-state index contributed by atoms with van der Waals surface area (Å²) >= 11 is 0. The average molecular weight is 375 g/mol. The standard InChI is InChI=1S/C21H21N5O2/c1-28-16-5-2-14(3-6-16)26-21(27)18-13-23-19-7-4-15(12-17(19)20(18)24-26)25-10-8-22-9-11-25/h2-7,12-13,22-23H,8-11H2,1H3. The van der Waals surface area contributed by atoms with Gasteiger partial charge in [-0.25, -0.2) is 0 Å². The lowest BCUT2D eigenvalue weighted by atomic mass is 10.1. The lowest BCUT2D eigenvalue weighted by molar-refractivity contribution is 0.414. The Morgan fingerprint density at radius 3 is 2.54 bits per heavy atom. The third kappa shape index (κ3) is 2.71. The molecule has 0 bridgehead atoms. The highest BCUT2D eigenvalue weighted by molar-refractivity contribution is 5.95. The Bertz CT molecular complexity index is 1160. The first-order chi connectivity index (χ1) is 13.7. The van der Waals surface area contributed by atoms with Crippen LogP contribution >= 0.6 is 0 Å². The molecule has 0 radical (unpaired) electrons. The van der Waals surface area contributed by atoms with Crippen molar-refractivity contribution in [3.05, 3.63) is 59.0 Å². The summed E-state index contributed by atoms with van der Waals surface area (Å²) in [7, 11) is 1.62. The van der Waals surface area contributed by atoms with Gasteiger partial charge >= 0.3 is 0 Å². The number of pyridine rings is 1. The van der Waals surface area contributed by atoms with Gasteiger partial charge < -0.3 is 19.9 Å². The van der Waals surface area contributed by atoms with Crippen molar-refractivity contribution in [1.82, 2.24) is 20.1 Å². The fourth-order valence-corrected chi connectivity index (χ4v) is 3.77. The fourth-order valence-electron chi connectivity index (χ4n) is 3.77. The van der Waals surface area contributed by atoms with E-state index in [1.165, 1.54) is 4.68 Å². The number of H-pyrrole nitrogens is 1. The van der Waals surface area contributed by atoms with Gasteiger partial charge in [0.25, 0.3) is 5.56 Å². The number of benzene rings is 2. The predicted molar refractivity (Wildman–Crippen MR) is 110 cm³/mol.